The van der Waals surface area contributed by atoms with Crippen LogP contribution in [0.4, 0.5) is 13.2 Å². The third-order valence-electron chi connectivity index (χ3n) is 8.10. The number of alkyl halides is 3. The Morgan fingerprint density at radius 1 is 0.930 bits per heavy atom. The summed E-state index contributed by atoms with van der Waals surface area (Å²) < 4.78 is 46.9. The summed E-state index contributed by atoms with van der Waals surface area (Å²) in [5, 5.41) is 20.7. The van der Waals surface area contributed by atoms with Gasteiger partial charge in [-0.15, -0.1) is 29.9 Å². The normalized spacial score (nSPS) is 20.7. The van der Waals surface area contributed by atoms with Crippen molar-refractivity contribution in [1.82, 2.24) is 30.0 Å². The van der Waals surface area contributed by atoms with Crippen molar-refractivity contribution in [3.63, 3.8) is 0 Å². The maximum absolute atomic E-state index is 13.5. The summed E-state index contributed by atoms with van der Waals surface area (Å²) in [6.45, 7) is 2.48. The number of tetrazole rings is 1. The van der Waals surface area contributed by atoms with E-state index in [2.05, 4.69) is 49.6 Å². The molecule has 3 heterocycles. The maximum atomic E-state index is 13.5. The first-order valence-corrected chi connectivity index (χ1v) is 13.6. The molecule has 2 saturated heterocycles. The Morgan fingerprint density at radius 2 is 1.58 bits per heavy atom. The number of halogens is 5. The predicted molar refractivity (Wildman–Crippen MR) is 160 cm³/mol. The molecular formula is C30H33Cl2F3N6O2. The molecule has 2 fully saturated rings. The second-order valence-corrected chi connectivity index (χ2v) is 10.7. The molecule has 1 aromatic heterocycles. The Labute approximate surface area is 260 Å². The number of hydrogen-bond donors (Lipinski definition) is 1. The molecule has 4 aromatic rings. The SMILES string of the molecule is COc1ccc(-n2nnnc2C(F)(F)F)cc1CN1C[C@@H]2C[C@@H](O)CN2[C@H](C(c2ccccc2)c2ccccc2)C1.Cl.Cl. The van der Waals surface area contributed by atoms with Gasteiger partial charge in [-0.05, 0) is 46.2 Å². The zero-order valence-corrected chi connectivity index (χ0v) is 25.0. The number of methoxy groups -OCH3 is 1. The third-order valence-corrected chi connectivity index (χ3v) is 8.10. The number of aliphatic hydroxyl groups excluding tert-OH is 1. The first-order chi connectivity index (χ1) is 19.8. The van der Waals surface area contributed by atoms with Gasteiger partial charge in [0.1, 0.15) is 5.75 Å². The minimum atomic E-state index is -4.69. The Balaban J connectivity index is 0.00000212. The molecule has 2 aliphatic heterocycles. The van der Waals surface area contributed by atoms with E-state index in [0.29, 0.717) is 36.5 Å². The number of piperazine rings is 1. The molecule has 0 aliphatic carbocycles. The van der Waals surface area contributed by atoms with E-state index in [4.69, 9.17) is 4.74 Å². The minimum Gasteiger partial charge on any atom is -0.496 e. The summed E-state index contributed by atoms with van der Waals surface area (Å²) in [6, 6.07) is 25.8. The lowest BCUT2D eigenvalue weighted by Gasteiger charge is -2.47. The van der Waals surface area contributed by atoms with Gasteiger partial charge in [-0.25, -0.2) is 0 Å². The van der Waals surface area contributed by atoms with Crippen molar-refractivity contribution in [2.45, 2.75) is 43.2 Å². The molecule has 2 aliphatic rings. The highest BCUT2D eigenvalue weighted by Crippen LogP contribution is 2.38. The Morgan fingerprint density at radius 3 is 2.19 bits per heavy atom. The molecule has 43 heavy (non-hydrogen) atoms. The molecule has 230 valence electrons. The van der Waals surface area contributed by atoms with E-state index < -0.39 is 18.1 Å². The van der Waals surface area contributed by atoms with E-state index in [1.54, 1.807) is 19.2 Å². The van der Waals surface area contributed by atoms with Gasteiger partial charge in [0.05, 0.1) is 18.9 Å². The number of nitrogens with zero attached hydrogens (tertiary/aromatic N) is 6. The summed E-state index contributed by atoms with van der Waals surface area (Å²) in [7, 11) is 1.55. The van der Waals surface area contributed by atoms with Crippen LogP contribution in [0.25, 0.3) is 5.69 Å². The zero-order valence-electron chi connectivity index (χ0n) is 23.3. The van der Waals surface area contributed by atoms with Crippen molar-refractivity contribution in [3.05, 3.63) is 101 Å². The van der Waals surface area contributed by atoms with Crippen LogP contribution in [-0.4, -0.2) is 80.0 Å². The highest BCUT2D eigenvalue weighted by Gasteiger charge is 2.44. The number of rotatable bonds is 7. The third kappa shape index (κ3) is 6.81. The van der Waals surface area contributed by atoms with Gasteiger partial charge in [0, 0.05) is 49.7 Å². The van der Waals surface area contributed by atoms with Gasteiger partial charge in [-0.1, -0.05) is 60.7 Å². The lowest BCUT2D eigenvalue weighted by molar-refractivity contribution is -0.146. The minimum absolute atomic E-state index is 0. The number of fused-ring (bicyclic) bond motifs is 1. The van der Waals surface area contributed by atoms with E-state index in [1.165, 1.54) is 17.2 Å². The van der Waals surface area contributed by atoms with E-state index >= 15 is 0 Å². The van der Waals surface area contributed by atoms with E-state index in [1.807, 2.05) is 36.4 Å². The first-order valence-electron chi connectivity index (χ1n) is 13.6. The highest BCUT2D eigenvalue weighted by atomic mass is 35.5. The summed E-state index contributed by atoms with van der Waals surface area (Å²) in [4.78, 5) is 4.75. The lowest BCUT2D eigenvalue weighted by atomic mass is 9.82. The van der Waals surface area contributed by atoms with Crippen molar-refractivity contribution in [2.75, 3.05) is 26.7 Å². The van der Waals surface area contributed by atoms with Crippen LogP contribution < -0.4 is 4.74 Å². The molecule has 3 atom stereocenters. The summed E-state index contributed by atoms with van der Waals surface area (Å²) in [5.74, 6) is -0.545. The van der Waals surface area contributed by atoms with Crippen LogP contribution in [0.2, 0.25) is 0 Å². The van der Waals surface area contributed by atoms with Crippen LogP contribution >= 0.6 is 24.8 Å². The summed E-state index contributed by atoms with van der Waals surface area (Å²) in [6.07, 6.45) is -4.44. The Hall–Kier alpha value is -3.22. The Kier molecular flexibility index (Phi) is 10.3. The van der Waals surface area contributed by atoms with Crippen molar-refractivity contribution in [3.8, 4) is 11.4 Å². The second-order valence-electron chi connectivity index (χ2n) is 10.7. The fraction of sp³-hybridized carbons (Fsp3) is 0.367. The van der Waals surface area contributed by atoms with Crippen molar-refractivity contribution < 1.29 is 23.0 Å². The monoisotopic (exact) mass is 636 g/mol. The molecule has 0 amide bonds. The Bertz CT molecular complexity index is 1440. The second kappa shape index (κ2) is 13.6. The summed E-state index contributed by atoms with van der Waals surface area (Å²) >= 11 is 0. The molecule has 6 rings (SSSR count). The lowest BCUT2D eigenvalue weighted by Crippen LogP contribution is -2.58. The number of ether oxygens (including phenoxy) is 1. The van der Waals surface area contributed by atoms with Gasteiger partial charge in [0.15, 0.2) is 0 Å². The van der Waals surface area contributed by atoms with Crippen LogP contribution in [0.15, 0.2) is 78.9 Å². The molecular weight excluding hydrogens is 604 g/mol. The average molecular weight is 638 g/mol. The van der Waals surface area contributed by atoms with E-state index in [0.717, 1.165) is 12.1 Å². The standard InChI is InChI=1S/C30H31F3N6O2.2ClH/c1-41-27-13-12-23(39-29(30(31,32)33)34-35-36-39)14-22(27)16-37-17-24-15-25(40)18-38(24)26(19-37)28(20-8-4-2-5-9-20)21-10-6-3-7-11-21;;/h2-14,24-26,28,40H,15-19H2,1H3;2*1H/t24-,25+,26-;;/m0../s1. The predicted octanol–water partition coefficient (Wildman–Crippen LogP) is 4.98. The van der Waals surface area contributed by atoms with Crippen LogP contribution in [0, 0.1) is 0 Å². The topological polar surface area (TPSA) is 79.5 Å². The molecule has 0 unspecified atom stereocenters. The van der Waals surface area contributed by atoms with Crippen LogP contribution in [0.1, 0.15) is 34.9 Å². The number of hydrogen-bond acceptors (Lipinski definition) is 7. The quantitative estimate of drug-likeness (QED) is 0.306. The van der Waals surface area contributed by atoms with Gasteiger partial charge < -0.3 is 9.84 Å². The van der Waals surface area contributed by atoms with Crippen LogP contribution in [0.5, 0.6) is 5.75 Å². The largest absolute Gasteiger partial charge is 0.496 e. The average Bonchev–Trinajstić information content (AvgIpc) is 3.61. The first kappa shape index (κ1) is 32.7. The molecule has 8 nitrogen and oxygen atoms in total. The fourth-order valence-electron chi connectivity index (χ4n) is 6.43. The smallest absolute Gasteiger partial charge is 0.453 e. The van der Waals surface area contributed by atoms with Gasteiger partial charge in [0.2, 0.25) is 0 Å². The number of benzene rings is 3. The van der Waals surface area contributed by atoms with Crippen molar-refractivity contribution in [1.29, 1.82) is 0 Å². The van der Waals surface area contributed by atoms with E-state index in [9.17, 15) is 18.3 Å². The van der Waals surface area contributed by atoms with Crippen LogP contribution in [-0.2, 0) is 12.7 Å². The molecule has 3 aromatic carbocycles. The molecule has 0 saturated carbocycles. The number of aromatic nitrogens is 4. The van der Waals surface area contributed by atoms with Crippen molar-refractivity contribution >= 4 is 24.8 Å². The molecule has 1 N–H and O–H groups in total. The van der Waals surface area contributed by atoms with Crippen molar-refractivity contribution in [2.24, 2.45) is 0 Å². The van der Waals surface area contributed by atoms with Gasteiger partial charge in [-0.3, -0.25) is 9.80 Å². The van der Waals surface area contributed by atoms with E-state index in [-0.39, 0.29) is 48.5 Å². The molecule has 13 heteroatoms. The maximum Gasteiger partial charge on any atom is 0.453 e. The summed E-state index contributed by atoms with van der Waals surface area (Å²) in [5.41, 5.74) is 3.33. The molecule has 0 spiro atoms. The van der Waals surface area contributed by atoms with Gasteiger partial charge in [0.25, 0.3) is 5.82 Å². The molecule has 0 bridgehead atoms. The van der Waals surface area contributed by atoms with Gasteiger partial charge in [-0.2, -0.15) is 17.9 Å². The van der Waals surface area contributed by atoms with Crippen LogP contribution in [0.3, 0.4) is 0 Å². The number of aliphatic hydroxyl groups is 1. The fourth-order valence-corrected chi connectivity index (χ4v) is 6.43. The van der Waals surface area contributed by atoms with Gasteiger partial charge >= 0.3 is 6.18 Å². The zero-order chi connectivity index (χ0) is 28.6. The molecule has 0 radical (unpaired) electrons. The highest BCUT2D eigenvalue weighted by molar-refractivity contribution is 5.85.